The summed E-state index contributed by atoms with van der Waals surface area (Å²) >= 11 is 0. The molecule has 0 aliphatic carbocycles. The van der Waals surface area contributed by atoms with Crippen molar-refractivity contribution in [2.75, 3.05) is 5.73 Å². The molecule has 0 aliphatic rings. The fourth-order valence-electron chi connectivity index (χ4n) is 1.23. The Hall–Kier alpha value is -1.18. The second-order valence-electron chi connectivity index (χ2n) is 4.72. The van der Waals surface area contributed by atoms with Crippen molar-refractivity contribution in [3.8, 4) is 0 Å². The molecule has 0 spiro atoms. The van der Waals surface area contributed by atoms with E-state index in [4.69, 9.17) is 5.73 Å². The molecule has 0 aromatic heterocycles. The minimum Gasteiger partial charge on any atom is -0.399 e. The topological polar surface area (TPSA) is 92.4 Å². The van der Waals surface area contributed by atoms with E-state index in [1.54, 1.807) is 0 Å². The molecule has 1 atom stereocenters. The van der Waals surface area contributed by atoms with Gasteiger partial charge in [0.2, 0.25) is 10.0 Å². The lowest BCUT2D eigenvalue weighted by molar-refractivity contribution is 0.111. The first-order valence-corrected chi connectivity index (χ1v) is 6.81. The first-order chi connectivity index (χ1) is 8.04. The molecule has 1 aromatic rings. The third kappa shape index (κ3) is 3.41. The third-order valence-electron chi connectivity index (χ3n) is 2.65. The van der Waals surface area contributed by atoms with Crippen molar-refractivity contribution < 1.29 is 17.9 Å². The van der Waals surface area contributed by atoms with Crippen LogP contribution in [0.1, 0.15) is 20.8 Å². The van der Waals surface area contributed by atoms with E-state index in [2.05, 4.69) is 4.72 Å². The van der Waals surface area contributed by atoms with Gasteiger partial charge in [-0.05, 0) is 39.0 Å². The Morgan fingerprint density at radius 2 is 1.94 bits per heavy atom. The number of halogens is 1. The smallest absolute Gasteiger partial charge is 0.241 e. The Labute approximate surface area is 106 Å². The summed E-state index contributed by atoms with van der Waals surface area (Å²) < 4.78 is 39.5. The van der Waals surface area contributed by atoms with Gasteiger partial charge in [-0.1, -0.05) is 0 Å². The second-order valence-corrected chi connectivity index (χ2v) is 6.41. The van der Waals surface area contributed by atoms with E-state index in [0.29, 0.717) is 0 Å². The molecule has 7 heteroatoms. The van der Waals surface area contributed by atoms with Gasteiger partial charge in [0.05, 0.1) is 16.5 Å². The molecular weight excluding hydrogens is 259 g/mol. The molecule has 5 nitrogen and oxygen atoms in total. The van der Waals surface area contributed by atoms with Gasteiger partial charge >= 0.3 is 0 Å². The molecule has 1 unspecified atom stereocenters. The quantitative estimate of drug-likeness (QED) is 0.711. The number of anilines is 1. The largest absolute Gasteiger partial charge is 0.399 e. The van der Waals surface area contributed by atoms with Crippen LogP contribution in [0.25, 0.3) is 0 Å². The van der Waals surface area contributed by atoms with Crippen molar-refractivity contribution in [1.29, 1.82) is 0 Å². The molecule has 0 amide bonds. The van der Waals surface area contributed by atoms with Crippen molar-refractivity contribution in [2.45, 2.75) is 37.3 Å². The lowest BCUT2D eigenvalue weighted by Crippen LogP contribution is -2.50. The monoisotopic (exact) mass is 276 g/mol. The zero-order chi connectivity index (χ0) is 14.1. The Morgan fingerprint density at radius 1 is 1.39 bits per heavy atom. The highest BCUT2D eigenvalue weighted by Gasteiger charge is 2.30. The number of hydrogen-bond donors (Lipinski definition) is 3. The number of nitrogens with one attached hydrogen (secondary N) is 1. The van der Waals surface area contributed by atoms with Crippen molar-refractivity contribution in [1.82, 2.24) is 4.72 Å². The van der Waals surface area contributed by atoms with E-state index in [-0.39, 0.29) is 10.6 Å². The van der Waals surface area contributed by atoms with E-state index in [0.717, 1.165) is 18.2 Å². The van der Waals surface area contributed by atoms with Gasteiger partial charge in [0.15, 0.2) is 0 Å². The minimum atomic E-state index is -3.94. The number of aliphatic hydroxyl groups excluding tert-OH is 1. The summed E-state index contributed by atoms with van der Waals surface area (Å²) in [6, 6.07) is 3.05. The summed E-state index contributed by atoms with van der Waals surface area (Å²) in [6.07, 6.45) is -0.904. The maximum atomic E-state index is 13.1. The lowest BCUT2D eigenvalue weighted by atomic mass is 10.0. The van der Waals surface area contributed by atoms with Crippen LogP contribution in [0.2, 0.25) is 0 Å². The third-order valence-corrected chi connectivity index (χ3v) is 4.30. The Bertz CT molecular complexity index is 521. The summed E-state index contributed by atoms with van der Waals surface area (Å²) in [7, 11) is -3.94. The molecule has 1 rings (SSSR count). The van der Waals surface area contributed by atoms with Gasteiger partial charge in [-0.25, -0.2) is 17.5 Å². The SMILES string of the molecule is CC(O)C(C)(C)NS(=O)(=O)c1cc(N)cc(F)c1. The number of hydrogen-bond acceptors (Lipinski definition) is 4. The maximum absolute atomic E-state index is 13.1. The summed E-state index contributed by atoms with van der Waals surface area (Å²) in [6.45, 7) is 4.51. The molecule has 102 valence electrons. The van der Waals surface area contributed by atoms with E-state index < -0.39 is 27.5 Å². The molecule has 0 fully saturated rings. The van der Waals surface area contributed by atoms with E-state index in [9.17, 15) is 17.9 Å². The van der Waals surface area contributed by atoms with Crippen LogP contribution in [0.3, 0.4) is 0 Å². The molecule has 0 heterocycles. The predicted molar refractivity (Wildman–Crippen MR) is 66.9 cm³/mol. The number of nitrogen functional groups attached to an aromatic ring is 1. The highest BCUT2D eigenvalue weighted by Crippen LogP contribution is 2.19. The van der Waals surface area contributed by atoms with Crippen molar-refractivity contribution in [3.63, 3.8) is 0 Å². The number of aliphatic hydroxyl groups is 1. The van der Waals surface area contributed by atoms with Gasteiger partial charge in [0.1, 0.15) is 5.82 Å². The predicted octanol–water partition coefficient (Wildman–Crippen LogP) is 0.846. The van der Waals surface area contributed by atoms with Crippen molar-refractivity contribution in [3.05, 3.63) is 24.0 Å². The number of rotatable bonds is 4. The zero-order valence-corrected chi connectivity index (χ0v) is 11.3. The molecule has 0 saturated heterocycles. The Kier molecular flexibility index (Phi) is 3.99. The van der Waals surface area contributed by atoms with Gasteiger partial charge in [0.25, 0.3) is 0 Å². The minimum absolute atomic E-state index is 0.0187. The number of sulfonamides is 1. The van der Waals surface area contributed by atoms with E-state index >= 15 is 0 Å². The highest BCUT2D eigenvalue weighted by atomic mass is 32.2. The summed E-state index contributed by atoms with van der Waals surface area (Å²) in [4.78, 5) is -0.270. The van der Waals surface area contributed by atoms with Crippen molar-refractivity contribution >= 4 is 15.7 Å². The van der Waals surface area contributed by atoms with Gasteiger partial charge in [0, 0.05) is 5.69 Å². The maximum Gasteiger partial charge on any atom is 0.241 e. The van der Waals surface area contributed by atoms with Gasteiger partial charge in [-0.15, -0.1) is 0 Å². The molecular formula is C11H17FN2O3S. The fraction of sp³-hybridized carbons (Fsp3) is 0.455. The molecule has 0 radical (unpaired) electrons. The van der Waals surface area contributed by atoms with Crippen LogP contribution >= 0.6 is 0 Å². The van der Waals surface area contributed by atoms with Crippen LogP contribution in [0.4, 0.5) is 10.1 Å². The molecule has 18 heavy (non-hydrogen) atoms. The van der Waals surface area contributed by atoms with Crippen LogP contribution < -0.4 is 10.5 Å². The first-order valence-electron chi connectivity index (χ1n) is 5.33. The van der Waals surface area contributed by atoms with Crippen LogP contribution in [0.5, 0.6) is 0 Å². The van der Waals surface area contributed by atoms with E-state index in [1.165, 1.54) is 20.8 Å². The highest BCUT2D eigenvalue weighted by molar-refractivity contribution is 7.89. The van der Waals surface area contributed by atoms with E-state index in [1.807, 2.05) is 0 Å². The Balaban J connectivity index is 3.15. The second kappa shape index (κ2) is 4.83. The molecule has 0 saturated carbocycles. The van der Waals surface area contributed by atoms with Crippen LogP contribution in [0, 0.1) is 5.82 Å². The first kappa shape index (κ1) is 14.9. The van der Waals surface area contributed by atoms with Crippen molar-refractivity contribution in [2.24, 2.45) is 0 Å². The average Bonchev–Trinajstić information content (AvgIpc) is 2.13. The van der Waals surface area contributed by atoms with Gasteiger partial charge < -0.3 is 10.8 Å². The number of nitrogens with two attached hydrogens (primary N) is 1. The normalized spacial score (nSPS) is 14.5. The van der Waals surface area contributed by atoms with Gasteiger partial charge in [-0.2, -0.15) is 0 Å². The fourth-order valence-corrected chi connectivity index (χ4v) is 2.77. The van der Waals surface area contributed by atoms with Crippen LogP contribution in [0.15, 0.2) is 23.1 Å². The van der Waals surface area contributed by atoms with Crippen LogP contribution in [-0.4, -0.2) is 25.2 Å². The molecule has 0 aliphatic heterocycles. The zero-order valence-electron chi connectivity index (χ0n) is 10.4. The molecule has 0 bridgehead atoms. The summed E-state index contributed by atoms with van der Waals surface area (Å²) in [5.41, 5.74) is 4.35. The lowest BCUT2D eigenvalue weighted by Gasteiger charge is -2.28. The van der Waals surface area contributed by atoms with Gasteiger partial charge in [-0.3, -0.25) is 0 Å². The number of benzene rings is 1. The average molecular weight is 276 g/mol. The molecule has 1 aromatic carbocycles. The standard InChI is InChI=1S/C11H17FN2O3S/c1-7(15)11(2,3)14-18(16,17)10-5-8(12)4-9(13)6-10/h4-7,14-15H,13H2,1-3H3. The summed E-state index contributed by atoms with van der Waals surface area (Å²) in [5, 5.41) is 9.47. The van der Waals surface area contributed by atoms with Crippen LogP contribution in [-0.2, 0) is 10.0 Å². The molecule has 4 N–H and O–H groups in total. The Morgan fingerprint density at radius 3 is 2.39 bits per heavy atom. The summed E-state index contributed by atoms with van der Waals surface area (Å²) in [5.74, 6) is -0.731.